The molecule has 3 rings (SSSR count). The molecule has 0 amide bonds. The maximum Gasteiger partial charge on any atom is 0.325 e. The van der Waals surface area contributed by atoms with E-state index < -0.39 is 27.0 Å². The van der Waals surface area contributed by atoms with Crippen LogP contribution in [0.25, 0.3) is 0 Å². The second-order valence-corrected chi connectivity index (χ2v) is 18.6. The Labute approximate surface area is 128 Å². The molecule has 1 heterocycles. The Hall–Kier alpha value is -0.946. The smallest absolute Gasteiger partial charge is 0.325 e. The summed E-state index contributed by atoms with van der Waals surface area (Å²) in [5.74, 6) is -0.562. The Morgan fingerprint density at radius 1 is 0.810 bits per heavy atom. The minimum atomic E-state index is -1.70. The first-order chi connectivity index (χ1) is 9.49. The standard InChI is InChI=1S/C16H24O3Si2/c1-20(2,3)11-12(21(4,5)6)16-10-8-7-9-15(11,16)13(17)19-14(16)18/h7-8H,9-10H2,1-6H3. The van der Waals surface area contributed by atoms with Crippen LogP contribution in [0.4, 0.5) is 0 Å². The number of carbonyl (C=O) groups is 2. The highest BCUT2D eigenvalue weighted by Crippen LogP contribution is 2.73. The van der Waals surface area contributed by atoms with E-state index in [2.05, 4.69) is 51.4 Å². The summed E-state index contributed by atoms with van der Waals surface area (Å²) in [7, 11) is -3.40. The van der Waals surface area contributed by atoms with Crippen LogP contribution in [-0.2, 0) is 14.3 Å². The second-order valence-electron chi connectivity index (χ2n) is 8.62. The van der Waals surface area contributed by atoms with Crippen LogP contribution in [0.1, 0.15) is 12.8 Å². The maximum atomic E-state index is 12.7. The average Bonchev–Trinajstić information content (AvgIpc) is 2.44. The summed E-state index contributed by atoms with van der Waals surface area (Å²) < 4.78 is 5.21. The van der Waals surface area contributed by atoms with Crippen molar-refractivity contribution in [3.05, 3.63) is 22.5 Å². The average molecular weight is 321 g/mol. The molecule has 0 spiro atoms. The molecule has 0 radical (unpaired) electrons. The van der Waals surface area contributed by atoms with E-state index in [9.17, 15) is 9.59 Å². The van der Waals surface area contributed by atoms with Crippen molar-refractivity contribution in [1.82, 2.24) is 0 Å². The van der Waals surface area contributed by atoms with Crippen LogP contribution in [0.15, 0.2) is 22.5 Å². The lowest BCUT2D eigenvalue weighted by atomic mass is 9.51. The van der Waals surface area contributed by atoms with Crippen LogP contribution >= 0.6 is 0 Å². The Morgan fingerprint density at radius 2 is 1.14 bits per heavy atom. The molecule has 0 aromatic rings. The Balaban J connectivity index is 2.38. The summed E-state index contributed by atoms with van der Waals surface area (Å²) >= 11 is 0. The molecule has 2 unspecified atom stereocenters. The van der Waals surface area contributed by atoms with Gasteiger partial charge in [-0.05, 0) is 12.8 Å². The summed E-state index contributed by atoms with van der Waals surface area (Å²) in [6.07, 6.45) is 5.43. The first-order valence-corrected chi connectivity index (χ1v) is 14.7. The molecule has 0 aromatic carbocycles. The molecule has 0 bridgehead atoms. The maximum absolute atomic E-state index is 12.7. The zero-order valence-corrected chi connectivity index (χ0v) is 15.8. The molecule has 2 atom stereocenters. The number of allylic oxidation sites excluding steroid dienone is 2. The first-order valence-electron chi connectivity index (χ1n) is 7.67. The summed E-state index contributed by atoms with van der Waals surface area (Å²) in [4.78, 5) is 25.3. The molecule has 2 aliphatic carbocycles. The highest BCUT2D eigenvalue weighted by Gasteiger charge is 2.80. The fourth-order valence-corrected chi connectivity index (χ4v) is 12.4. The molecule has 0 aromatic heterocycles. The Bertz CT molecular complexity index is 566. The monoisotopic (exact) mass is 320 g/mol. The van der Waals surface area contributed by atoms with Crippen LogP contribution in [0, 0.1) is 10.8 Å². The van der Waals surface area contributed by atoms with Crippen molar-refractivity contribution in [2.45, 2.75) is 52.1 Å². The van der Waals surface area contributed by atoms with E-state index in [4.69, 9.17) is 4.74 Å². The van der Waals surface area contributed by atoms with Crippen LogP contribution < -0.4 is 0 Å². The number of cyclic esters (lactones) is 2. The van der Waals surface area contributed by atoms with E-state index in [0.29, 0.717) is 12.8 Å². The molecule has 3 nitrogen and oxygen atoms in total. The van der Waals surface area contributed by atoms with Gasteiger partial charge in [-0.15, -0.1) is 0 Å². The normalized spacial score (nSPS) is 35.3. The second kappa shape index (κ2) is 3.87. The van der Waals surface area contributed by atoms with E-state index in [1.54, 1.807) is 0 Å². The lowest BCUT2D eigenvalue weighted by molar-refractivity contribution is -0.154. The van der Waals surface area contributed by atoms with Crippen LogP contribution in [-0.4, -0.2) is 28.1 Å². The van der Waals surface area contributed by atoms with Gasteiger partial charge in [0.2, 0.25) is 0 Å². The fraction of sp³-hybridized carbons (Fsp3) is 0.625. The van der Waals surface area contributed by atoms with Crippen LogP contribution in [0.2, 0.25) is 39.3 Å². The molecular weight excluding hydrogens is 296 g/mol. The van der Waals surface area contributed by atoms with E-state index in [1.807, 2.05) is 0 Å². The first kappa shape index (κ1) is 15.0. The molecule has 3 aliphatic rings. The fourth-order valence-electron chi connectivity index (χ4n) is 4.87. The largest absolute Gasteiger partial charge is 0.392 e. The number of esters is 2. The number of hydrogen-bond donors (Lipinski definition) is 0. The predicted molar refractivity (Wildman–Crippen MR) is 88.1 cm³/mol. The Kier molecular flexibility index (Phi) is 2.76. The minimum Gasteiger partial charge on any atom is -0.392 e. The zero-order chi connectivity index (χ0) is 15.8. The summed E-state index contributed by atoms with van der Waals surface area (Å²) in [6, 6.07) is 0. The molecule has 1 aliphatic heterocycles. The van der Waals surface area contributed by atoms with E-state index >= 15 is 0 Å². The molecule has 114 valence electrons. The predicted octanol–water partition coefficient (Wildman–Crippen LogP) is 3.46. The topological polar surface area (TPSA) is 43.4 Å². The van der Waals surface area contributed by atoms with Gasteiger partial charge in [0.1, 0.15) is 10.8 Å². The van der Waals surface area contributed by atoms with Gasteiger partial charge in [-0.25, -0.2) is 0 Å². The van der Waals surface area contributed by atoms with Crippen molar-refractivity contribution in [2.24, 2.45) is 10.8 Å². The molecule has 0 saturated carbocycles. The Morgan fingerprint density at radius 3 is 1.43 bits per heavy atom. The van der Waals surface area contributed by atoms with Gasteiger partial charge in [0.15, 0.2) is 0 Å². The molecule has 1 fully saturated rings. The van der Waals surface area contributed by atoms with Gasteiger partial charge in [0, 0.05) is 0 Å². The van der Waals surface area contributed by atoms with E-state index in [1.165, 1.54) is 10.4 Å². The van der Waals surface area contributed by atoms with Crippen molar-refractivity contribution >= 4 is 28.1 Å². The highest BCUT2D eigenvalue weighted by atomic mass is 28.3. The third-order valence-electron chi connectivity index (χ3n) is 5.23. The van der Waals surface area contributed by atoms with Crippen molar-refractivity contribution in [2.75, 3.05) is 0 Å². The van der Waals surface area contributed by atoms with Crippen molar-refractivity contribution in [3.63, 3.8) is 0 Å². The molecule has 5 heteroatoms. The van der Waals surface area contributed by atoms with E-state index in [-0.39, 0.29) is 11.9 Å². The number of rotatable bonds is 2. The van der Waals surface area contributed by atoms with Crippen molar-refractivity contribution in [3.8, 4) is 0 Å². The van der Waals surface area contributed by atoms with Gasteiger partial charge in [0.05, 0.1) is 16.1 Å². The van der Waals surface area contributed by atoms with Gasteiger partial charge < -0.3 is 4.74 Å². The summed E-state index contributed by atoms with van der Waals surface area (Å²) in [5.41, 5.74) is -1.31. The van der Waals surface area contributed by atoms with Gasteiger partial charge in [-0.3, -0.25) is 9.59 Å². The van der Waals surface area contributed by atoms with Crippen molar-refractivity contribution in [1.29, 1.82) is 0 Å². The van der Waals surface area contributed by atoms with Gasteiger partial charge in [-0.2, -0.15) is 0 Å². The van der Waals surface area contributed by atoms with Crippen molar-refractivity contribution < 1.29 is 14.3 Å². The highest BCUT2D eigenvalue weighted by molar-refractivity contribution is 6.91. The molecule has 0 N–H and O–H groups in total. The minimum absolute atomic E-state index is 0.281. The SMILES string of the molecule is C[Si](C)(C)C1=C([Si](C)(C)C)C23CC=CCC12C(=O)OC3=O. The number of hydrogen-bond acceptors (Lipinski definition) is 3. The molecule has 1 saturated heterocycles. The molecular formula is C16H24O3Si2. The van der Waals surface area contributed by atoms with Gasteiger partial charge in [-0.1, -0.05) is 61.8 Å². The van der Waals surface area contributed by atoms with Crippen LogP contribution in [0.5, 0.6) is 0 Å². The van der Waals surface area contributed by atoms with E-state index in [0.717, 1.165) is 0 Å². The third-order valence-corrected chi connectivity index (χ3v) is 9.83. The molecule has 21 heavy (non-hydrogen) atoms. The quantitative estimate of drug-likeness (QED) is 0.339. The number of ether oxygens (including phenoxy) is 1. The van der Waals surface area contributed by atoms with Gasteiger partial charge >= 0.3 is 11.9 Å². The van der Waals surface area contributed by atoms with Gasteiger partial charge in [0.25, 0.3) is 0 Å². The zero-order valence-electron chi connectivity index (χ0n) is 13.8. The number of carbonyl (C=O) groups excluding carboxylic acids is 2. The lowest BCUT2D eigenvalue weighted by Crippen LogP contribution is -2.66. The lowest BCUT2D eigenvalue weighted by Gasteiger charge is -2.60. The summed E-state index contributed by atoms with van der Waals surface area (Å²) in [5, 5.41) is 2.66. The summed E-state index contributed by atoms with van der Waals surface area (Å²) in [6.45, 7) is 13.7. The van der Waals surface area contributed by atoms with Crippen LogP contribution in [0.3, 0.4) is 0 Å². The third kappa shape index (κ3) is 1.49.